The molecule has 0 spiro atoms. The summed E-state index contributed by atoms with van der Waals surface area (Å²) in [6, 6.07) is 16.8. The van der Waals surface area contributed by atoms with Crippen molar-refractivity contribution < 1.29 is 19.1 Å². The zero-order chi connectivity index (χ0) is 20.4. The number of fused-ring (bicyclic) bond motifs is 1. The predicted molar refractivity (Wildman–Crippen MR) is 112 cm³/mol. The standard InChI is InChI=1S/C22H22N2O4S/c1-22-12-11-20(26)24(22)18(14-29-22)21(27)28-13-19(25)23-17-9-7-16(8-10-17)15-5-3-2-4-6-15/h2-10,18H,11-14H2,1H3,(H,23,25). The molecule has 2 atom stereocenters. The summed E-state index contributed by atoms with van der Waals surface area (Å²) in [5.74, 6) is -0.454. The van der Waals surface area contributed by atoms with Gasteiger partial charge in [0.1, 0.15) is 6.04 Å². The van der Waals surface area contributed by atoms with E-state index in [1.54, 1.807) is 16.7 Å². The number of esters is 1. The van der Waals surface area contributed by atoms with Crippen LogP contribution in [0.2, 0.25) is 0 Å². The quantitative estimate of drug-likeness (QED) is 0.766. The van der Waals surface area contributed by atoms with Crippen LogP contribution < -0.4 is 5.32 Å². The summed E-state index contributed by atoms with van der Waals surface area (Å²) in [6.07, 6.45) is 1.19. The second kappa shape index (κ2) is 7.91. The van der Waals surface area contributed by atoms with Gasteiger partial charge >= 0.3 is 5.97 Å². The Labute approximate surface area is 173 Å². The Kier molecular flexibility index (Phi) is 5.32. The smallest absolute Gasteiger partial charge is 0.330 e. The normalized spacial score (nSPS) is 23.0. The van der Waals surface area contributed by atoms with E-state index in [1.807, 2.05) is 61.5 Å². The summed E-state index contributed by atoms with van der Waals surface area (Å²) in [7, 11) is 0. The molecule has 2 amide bonds. The highest BCUT2D eigenvalue weighted by molar-refractivity contribution is 8.01. The highest BCUT2D eigenvalue weighted by atomic mass is 32.2. The first-order chi connectivity index (χ1) is 14.0. The van der Waals surface area contributed by atoms with Crippen molar-refractivity contribution in [2.24, 2.45) is 0 Å². The number of thioether (sulfide) groups is 1. The number of nitrogens with one attached hydrogen (secondary N) is 1. The molecule has 0 radical (unpaired) electrons. The zero-order valence-corrected chi connectivity index (χ0v) is 16.9. The Morgan fingerprint density at radius 2 is 1.83 bits per heavy atom. The molecule has 6 nitrogen and oxygen atoms in total. The molecule has 2 fully saturated rings. The largest absolute Gasteiger partial charge is 0.454 e. The SMILES string of the molecule is CC12CCC(=O)N1C(C(=O)OCC(=O)Nc1ccc(-c3ccccc3)cc1)CS2. The van der Waals surface area contributed by atoms with Crippen LogP contribution in [-0.4, -0.2) is 46.0 Å². The van der Waals surface area contributed by atoms with E-state index >= 15 is 0 Å². The fourth-order valence-corrected chi connectivity index (χ4v) is 5.22. The lowest BCUT2D eigenvalue weighted by Crippen LogP contribution is -2.47. The minimum atomic E-state index is -0.613. The lowest BCUT2D eigenvalue weighted by molar-refractivity contribution is -0.155. The first-order valence-corrected chi connectivity index (χ1v) is 10.5. The average Bonchev–Trinajstić information content (AvgIpc) is 3.23. The van der Waals surface area contributed by atoms with Crippen LogP contribution in [-0.2, 0) is 19.1 Å². The molecule has 2 aromatic carbocycles. The third-order valence-corrected chi connectivity index (χ3v) is 6.84. The van der Waals surface area contributed by atoms with Crippen molar-refractivity contribution in [1.82, 2.24) is 4.90 Å². The summed E-state index contributed by atoms with van der Waals surface area (Å²) < 4.78 is 5.20. The molecule has 1 N–H and O–H groups in total. The van der Waals surface area contributed by atoms with Gasteiger partial charge in [0.2, 0.25) is 5.91 Å². The molecule has 0 aromatic heterocycles. The highest BCUT2D eigenvalue weighted by Gasteiger charge is 2.53. The lowest BCUT2D eigenvalue weighted by Gasteiger charge is -2.29. The maximum atomic E-state index is 12.4. The van der Waals surface area contributed by atoms with Gasteiger partial charge in [-0.05, 0) is 36.6 Å². The molecule has 2 aliphatic heterocycles. The van der Waals surface area contributed by atoms with Crippen LogP contribution in [0.25, 0.3) is 11.1 Å². The van der Waals surface area contributed by atoms with E-state index in [2.05, 4.69) is 5.32 Å². The molecule has 4 rings (SSSR count). The number of amides is 2. The Morgan fingerprint density at radius 1 is 1.14 bits per heavy atom. The maximum Gasteiger partial charge on any atom is 0.330 e. The number of hydrogen-bond acceptors (Lipinski definition) is 5. The van der Waals surface area contributed by atoms with Crippen LogP contribution >= 0.6 is 11.8 Å². The summed E-state index contributed by atoms with van der Waals surface area (Å²) in [5, 5.41) is 2.73. The van der Waals surface area contributed by atoms with E-state index < -0.39 is 17.9 Å². The molecule has 0 aliphatic carbocycles. The predicted octanol–water partition coefficient (Wildman–Crippen LogP) is 3.29. The van der Waals surface area contributed by atoms with E-state index in [0.717, 1.165) is 17.5 Å². The number of rotatable bonds is 5. The van der Waals surface area contributed by atoms with Crippen molar-refractivity contribution in [3.05, 3.63) is 54.6 Å². The number of ether oxygens (including phenoxy) is 1. The molecule has 7 heteroatoms. The molecule has 2 aromatic rings. The van der Waals surface area contributed by atoms with Crippen molar-refractivity contribution in [2.75, 3.05) is 17.7 Å². The van der Waals surface area contributed by atoms with E-state index in [1.165, 1.54) is 0 Å². The molecule has 29 heavy (non-hydrogen) atoms. The summed E-state index contributed by atoms with van der Waals surface area (Å²) in [6.45, 7) is 1.60. The number of carbonyl (C=O) groups is 3. The Balaban J connectivity index is 1.30. The third-order valence-electron chi connectivity index (χ3n) is 5.34. The van der Waals surface area contributed by atoms with Gasteiger partial charge in [-0.1, -0.05) is 42.5 Å². The van der Waals surface area contributed by atoms with Gasteiger partial charge in [-0.15, -0.1) is 11.8 Å². The van der Waals surface area contributed by atoms with Crippen LogP contribution in [0.3, 0.4) is 0 Å². The number of carbonyl (C=O) groups excluding carboxylic acids is 3. The Morgan fingerprint density at radius 3 is 2.55 bits per heavy atom. The molecule has 2 saturated heterocycles. The topological polar surface area (TPSA) is 75.7 Å². The molecule has 2 unspecified atom stereocenters. The van der Waals surface area contributed by atoms with Gasteiger partial charge in [0.05, 0.1) is 4.87 Å². The van der Waals surface area contributed by atoms with Gasteiger partial charge in [-0.25, -0.2) is 4.79 Å². The van der Waals surface area contributed by atoms with Crippen molar-refractivity contribution in [2.45, 2.75) is 30.7 Å². The van der Waals surface area contributed by atoms with E-state index in [9.17, 15) is 14.4 Å². The molecule has 2 aliphatic rings. The Bertz CT molecular complexity index is 932. The molecular weight excluding hydrogens is 388 g/mol. The van der Waals surface area contributed by atoms with Crippen LogP contribution in [0.4, 0.5) is 5.69 Å². The monoisotopic (exact) mass is 410 g/mol. The first-order valence-electron chi connectivity index (χ1n) is 9.54. The van der Waals surface area contributed by atoms with Crippen LogP contribution in [0.5, 0.6) is 0 Å². The molecule has 0 bridgehead atoms. The minimum absolute atomic E-state index is 0.0255. The second-order valence-corrected chi connectivity index (χ2v) is 8.87. The first kappa shape index (κ1) is 19.5. The fraction of sp³-hybridized carbons (Fsp3) is 0.318. The van der Waals surface area contributed by atoms with Gasteiger partial charge in [-0.2, -0.15) is 0 Å². The van der Waals surface area contributed by atoms with Gasteiger partial charge in [0.25, 0.3) is 5.91 Å². The average molecular weight is 410 g/mol. The van der Waals surface area contributed by atoms with Crippen molar-refractivity contribution in [3.63, 3.8) is 0 Å². The highest BCUT2D eigenvalue weighted by Crippen LogP contribution is 2.47. The second-order valence-electron chi connectivity index (χ2n) is 7.36. The number of hydrogen-bond donors (Lipinski definition) is 1. The number of nitrogens with zero attached hydrogens (tertiary/aromatic N) is 1. The third kappa shape index (κ3) is 4.00. The van der Waals surface area contributed by atoms with Crippen molar-refractivity contribution >= 4 is 35.2 Å². The molecule has 150 valence electrons. The maximum absolute atomic E-state index is 12.4. The van der Waals surface area contributed by atoms with E-state index in [-0.39, 0.29) is 17.4 Å². The summed E-state index contributed by atoms with van der Waals surface area (Å²) in [4.78, 5) is 38.0. The minimum Gasteiger partial charge on any atom is -0.454 e. The van der Waals surface area contributed by atoms with E-state index in [4.69, 9.17) is 4.74 Å². The molecule has 2 heterocycles. The lowest BCUT2D eigenvalue weighted by atomic mass is 10.1. The van der Waals surface area contributed by atoms with Crippen molar-refractivity contribution in [3.8, 4) is 11.1 Å². The van der Waals surface area contributed by atoms with Crippen LogP contribution in [0.15, 0.2) is 54.6 Å². The van der Waals surface area contributed by atoms with Crippen molar-refractivity contribution in [1.29, 1.82) is 0 Å². The van der Waals surface area contributed by atoms with Gasteiger partial charge in [-0.3, -0.25) is 9.59 Å². The van der Waals surface area contributed by atoms with Crippen LogP contribution in [0.1, 0.15) is 19.8 Å². The number of benzene rings is 2. The van der Waals surface area contributed by atoms with Crippen LogP contribution in [0, 0.1) is 0 Å². The zero-order valence-electron chi connectivity index (χ0n) is 16.1. The number of anilines is 1. The Hall–Kier alpha value is -2.80. The fourth-order valence-electron chi connectivity index (χ4n) is 3.80. The van der Waals surface area contributed by atoms with Gasteiger partial charge in [0, 0.05) is 17.9 Å². The molecule has 0 saturated carbocycles. The van der Waals surface area contributed by atoms with Gasteiger partial charge in [0.15, 0.2) is 6.61 Å². The van der Waals surface area contributed by atoms with E-state index in [0.29, 0.717) is 17.9 Å². The molecular formula is C22H22N2O4S. The summed E-state index contributed by atoms with van der Waals surface area (Å²) in [5.41, 5.74) is 2.77. The van der Waals surface area contributed by atoms with Gasteiger partial charge < -0.3 is 15.0 Å². The summed E-state index contributed by atoms with van der Waals surface area (Å²) >= 11 is 1.60.